The van der Waals surface area contributed by atoms with E-state index in [2.05, 4.69) is 73.4 Å². The molecule has 0 aliphatic heterocycles. The van der Waals surface area contributed by atoms with E-state index in [0.717, 1.165) is 27.7 Å². The zero-order valence-corrected chi connectivity index (χ0v) is 14.8. The Hall–Kier alpha value is -2.51. The quantitative estimate of drug-likeness (QED) is 0.653. The number of benzene rings is 2. The van der Waals surface area contributed by atoms with Crippen LogP contribution < -0.4 is 0 Å². The molecule has 3 rings (SSSR count). The van der Waals surface area contributed by atoms with Gasteiger partial charge in [-0.05, 0) is 20.8 Å². The van der Waals surface area contributed by atoms with Crippen molar-refractivity contribution in [3.63, 3.8) is 0 Å². The Bertz CT molecular complexity index is 808. The normalized spacial score (nSPS) is 11.9. The number of imidazole rings is 1. The lowest BCUT2D eigenvalue weighted by Crippen LogP contribution is -1.90. The van der Waals surface area contributed by atoms with Gasteiger partial charge < -0.3 is 4.98 Å². The molecule has 0 bridgehead atoms. The topological polar surface area (TPSA) is 52.5 Å². The van der Waals surface area contributed by atoms with Gasteiger partial charge in [0, 0.05) is 11.1 Å². The highest BCUT2D eigenvalue weighted by Gasteiger charge is 2.16. The summed E-state index contributed by atoms with van der Waals surface area (Å²) in [6, 6.07) is 19.0. The summed E-state index contributed by atoms with van der Waals surface area (Å²) in [6.45, 7) is 6.03. The van der Waals surface area contributed by atoms with Gasteiger partial charge in [0.25, 0.3) is 0 Å². The number of rotatable bonds is 4. The van der Waals surface area contributed by atoms with E-state index in [4.69, 9.17) is 10.2 Å². The van der Waals surface area contributed by atoms with Gasteiger partial charge in [0.15, 0.2) is 5.16 Å². The number of hydrogen-bond acceptors (Lipinski definition) is 3. The second-order valence-electron chi connectivity index (χ2n) is 5.89. The van der Waals surface area contributed by atoms with E-state index < -0.39 is 0 Å². The molecule has 0 saturated carbocycles. The second-order valence-corrected chi connectivity index (χ2v) is 7.22. The third-order valence-corrected chi connectivity index (χ3v) is 4.69. The average Bonchev–Trinajstić information content (AvgIpc) is 2.99. The van der Waals surface area contributed by atoms with Crippen molar-refractivity contribution in [3.05, 3.63) is 59.7 Å². The molecule has 1 N–H and O–H groups in total. The average molecular weight is 333 g/mol. The van der Waals surface area contributed by atoms with Crippen molar-refractivity contribution < 1.29 is 0 Å². The van der Waals surface area contributed by atoms with Crippen molar-refractivity contribution in [2.75, 3.05) is 0 Å². The molecule has 0 spiro atoms. The zero-order chi connectivity index (χ0) is 17.1. The molecule has 4 heteroatoms. The maximum atomic E-state index is 9.05. The molecule has 2 aromatic carbocycles. The van der Waals surface area contributed by atoms with Gasteiger partial charge in [-0.15, -0.1) is 0 Å². The van der Waals surface area contributed by atoms with Gasteiger partial charge in [0.05, 0.1) is 22.7 Å². The predicted octanol–water partition coefficient (Wildman–Crippen LogP) is 5.36. The largest absolute Gasteiger partial charge is 0.332 e. The van der Waals surface area contributed by atoms with Crippen molar-refractivity contribution in [1.29, 1.82) is 5.26 Å². The maximum Gasteiger partial charge on any atom is 0.167 e. The van der Waals surface area contributed by atoms with Crippen molar-refractivity contribution in [3.8, 4) is 28.6 Å². The number of thioether (sulfide) groups is 1. The second kappa shape index (κ2) is 6.94. The first-order valence-electron chi connectivity index (χ1n) is 7.87. The first-order chi connectivity index (χ1) is 11.6. The van der Waals surface area contributed by atoms with E-state index in [9.17, 15) is 0 Å². The Kier molecular flexibility index (Phi) is 4.73. The summed E-state index contributed by atoms with van der Waals surface area (Å²) in [5, 5.41) is 9.68. The molecule has 0 radical (unpaired) electrons. The minimum Gasteiger partial charge on any atom is -0.332 e. The van der Waals surface area contributed by atoms with E-state index in [1.165, 1.54) is 22.9 Å². The Labute approximate surface area is 146 Å². The van der Waals surface area contributed by atoms with Crippen molar-refractivity contribution in [1.82, 2.24) is 9.97 Å². The molecular weight excluding hydrogens is 314 g/mol. The molecule has 0 fully saturated rings. The van der Waals surface area contributed by atoms with Crippen LogP contribution in [0.25, 0.3) is 22.5 Å². The molecule has 1 unspecified atom stereocenters. The maximum absolute atomic E-state index is 9.05. The third kappa shape index (κ3) is 3.52. The fourth-order valence-corrected chi connectivity index (χ4v) is 3.14. The highest BCUT2D eigenvalue weighted by atomic mass is 32.2. The molecule has 24 heavy (non-hydrogen) atoms. The number of nitriles is 1. The van der Waals surface area contributed by atoms with Gasteiger partial charge in [0.2, 0.25) is 0 Å². The van der Waals surface area contributed by atoms with E-state index in [1.54, 1.807) is 0 Å². The number of nitrogens with zero attached hydrogens (tertiary/aromatic N) is 2. The van der Waals surface area contributed by atoms with Crippen molar-refractivity contribution >= 4 is 11.8 Å². The lowest BCUT2D eigenvalue weighted by Gasteiger charge is -2.04. The highest BCUT2D eigenvalue weighted by Crippen LogP contribution is 2.33. The van der Waals surface area contributed by atoms with E-state index in [-0.39, 0.29) is 5.25 Å². The van der Waals surface area contributed by atoms with Crippen molar-refractivity contribution in [2.24, 2.45) is 0 Å². The third-order valence-electron chi connectivity index (χ3n) is 3.82. The molecule has 3 nitrogen and oxygen atoms in total. The number of nitrogens with one attached hydrogen (secondary N) is 1. The Balaban J connectivity index is 2.09. The fourth-order valence-electron chi connectivity index (χ4n) is 2.45. The molecular formula is C20H19N3S. The van der Waals surface area contributed by atoms with Crippen LogP contribution in [0.15, 0.2) is 53.7 Å². The standard InChI is InChI=1S/C20H19N3S/c1-13-4-8-16(9-5-13)18-19(17-10-6-14(2)7-11-17)23-20(22-18)24-15(3)12-21/h4-11,15H,1-3H3,(H,22,23). The summed E-state index contributed by atoms with van der Waals surface area (Å²) in [4.78, 5) is 8.15. The summed E-state index contributed by atoms with van der Waals surface area (Å²) in [6.07, 6.45) is 0. The van der Waals surface area contributed by atoms with Gasteiger partial charge in [0.1, 0.15) is 0 Å². The monoisotopic (exact) mass is 333 g/mol. The fraction of sp³-hybridized carbons (Fsp3) is 0.200. The van der Waals surface area contributed by atoms with Gasteiger partial charge in [-0.1, -0.05) is 71.4 Å². The van der Waals surface area contributed by atoms with Gasteiger partial charge >= 0.3 is 0 Å². The first-order valence-corrected chi connectivity index (χ1v) is 8.75. The van der Waals surface area contributed by atoms with Gasteiger partial charge in [-0.3, -0.25) is 0 Å². The van der Waals surface area contributed by atoms with E-state index in [0.29, 0.717) is 0 Å². The predicted molar refractivity (Wildman–Crippen MR) is 99.9 cm³/mol. The van der Waals surface area contributed by atoms with E-state index >= 15 is 0 Å². The Morgan fingerprint density at radius 3 is 2.04 bits per heavy atom. The van der Waals surface area contributed by atoms with E-state index in [1.807, 2.05) is 6.92 Å². The van der Waals surface area contributed by atoms with Crippen LogP contribution >= 0.6 is 11.8 Å². The smallest absolute Gasteiger partial charge is 0.167 e. The first kappa shape index (κ1) is 16.4. The van der Waals surface area contributed by atoms with Crippen LogP contribution in [0.4, 0.5) is 0 Å². The summed E-state index contributed by atoms with van der Waals surface area (Å²) in [5.41, 5.74) is 6.53. The van der Waals surface area contributed by atoms with Crippen LogP contribution in [0.1, 0.15) is 18.1 Å². The molecule has 1 aromatic heterocycles. The molecule has 0 aliphatic carbocycles. The Morgan fingerprint density at radius 1 is 0.958 bits per heavy atom. The summed E-state index contributed by atoms with van der Waals surface area (Å²) >= 11 is 1.45. The number of aryl methyl sites for hydroxylation is 2. The van der Waals surface area contributed by atoms with Crippen LogP contribution in [0.3, 0.4) is 0 Å². The summed E-state index contributed by atoms with van der Waals surface area (Å²) < 4.78 is 0. The molecule has 1 heterocycles. The lowest BCUT2D eigenvalue weighted by molar-refractivity contribution is 1.05. The van der Waals surface area contributed by atoms with Gasteiger partial charge in [-0.2, -0.15) is 5.26 Å². The minimum atomic E-state index is -0.145. The van der Waals surface area contributed by atoms with Gasteiger partial charge in [-0.25, -0.2) is 4.98 Å². The molecule has 120 valence electrons. The van der Waals surface area contributed by atoms with Crippen LogP contribution in [0.2, 0.25) is 0 Å². The number of aromatic nitrogens is 2. The lowest BCUT2D eigenvalue weighted by atomic mass is 10.0. The number of hydrogen-bond donors (Lipinski definition) is 1. The van der Waals surface area contributed by atoms with Crippen molar-refractivity contribution in [2.45, 2.75) is 31.2 Å². The zero-order valence-electron chi connectivity index (χ0n) is 14.0. The van der Waals surface area contributed by atoms with Crippen LogP contribution in [0, 0.1) is 25.2 Å². The number of aromatic amines is 1. The molecule has 3 aromatic rings. The van der Waals surface area contributed by atoms with Crippen LogP contribution in [0.5, 0.6) is 0 Å². The summed E-state index contributed by atoms with van der Waals surface area (Å²) in [7, 11) is 0. The molecule has 1 atom stereocenters. The molecule has 0 saturated heterocycles. The SMILES string of the molecule is Cc1ccc(-c2nc(SC(C)C#N)[nH]c2-c2ccc(C)cc2)cc1. The minimum absolute atomic E-state index is 0.145. The number of H-pyrrole nitrogens is 1. The highest BCUT2D eigenvalue weighted by molar-refractivity contribution is 8.00. The van der Waals surface area contributed by atoms with Crippen LogP contribution in [-0.4, -0.2) is 15.2 Å². The Morgan fingerprint density at radius 2 is 1.50 bits per heavy atom. The molecule has 0 amide bonds. The molecule has 0 aliphatic rings. The van der Waals surface area contributed by atoms with Crippen LogP contribution in [-0.2, 0) is 0 Å². The summed E-state index contributed by atoms with van der Waals surface area (Å²) in [5.74, 6) is 0.